The zero-order chi connectivity index (χ0) is 17.9. The Labute approximate surface area is 150 Å². The van der Waals surface area contributed by atoms with Gasteiger partial charge in [0.1, 0.15) is 6.54 Å². The van der Waals surface area contributed by atoms with Gasteiger partial charge in [-0.05, 0) is 36.8 Å². The molecule has 0 spiro atoms. The molecule has 5 nitrogen and oxygen atoms in total. The lowest BCUT2D eigenvalue weighted by Crippen LogP contribution is -2.35. The molecule has 128 valence electrons. The highest BCUT2D eigenvalue weighted by Gasteiger charge is 2.27. The summed E-state index contributed by atoms with van der Waals surface area (Å²) in [5, 5.41) is 9.76. The predicted molar refractivity (Wildman–Crippen MR) is 92.9 cm³/mol. The highest BCUT2D eigenvalue weighted by Crippen LogP contribution is 2.25. The Bertz CT molecular complexity index is 851. The van der Waals surface area contributed by atoms with Gasteiger partial charge in [0.15, 0.2) is 0 Å². The molecule has 0 bridgehead atoms. The molecule has 0 saturated heterocycles. The van der Waals surface area contributed by atoms with Crippen LogP contribution in [0.25, 0.3) is 0 Å². The van der Waals surface area contributed by atoms with Gasteiger partial charge in [0.25, 0.3) is 0 Å². The number of hydrogen-bond donors (Lipinski definition) is 1. The number of aliphatic carboxylic acids is 1. The zero-order valence-corrected chi connectivity index (χ0v) is 15.1. The van der Waals surface area contributed by atoms with E-state index in [1.807, 2.05) is 6.92 Å². The second-order valence-corrected chi connectivity index (χ2v) is 8.00. The number of nitrogens with zero attached hydrogens (tertiary/aromatic N) is 1. The van der Waals surface area contributed by atoms with Crippen molar-refractivity contribution in [3.8, 4) is 0 Å². The molecule has 2 aromatic rings. The van der Waals surface area contributed by atoms with E-state index >= 15 is 0 Å². The fraction of sp³-hybridized carbons (Fsp3) is 0.188. The molecule has 0 aromatic heterocycles. The molecule has 0 radical (unpaired) electrons. The number of carboxylic acid groups (broad SMARTS) is 1. The van der Waals surface area contributed by atoms with E-state index in [1.54, 1.807) is 24.3 Å². The first kappa shape index (κ1) is 18.7. The summed E-state index contributed by atoms with van der Waals surface area (Å²) in [6.07, 6.45) is 0. The zero-order valence-electron chi connectivity index (χ0n) is 12.7. The normalized spacial score (nSPS) is 11.7. The molecular formula is C16H15Cl2NO4S. The summed E-state index contributed by atoms with van der Waals surface area (Å²) >= 11 is 11.9. The van der Waals surface area contributed by atoms with E-state index in [-0.39, 0.29) is 16.5 Å². The first-order valence-electron chi connectivity index (χ1n) is 6.92. The Morgan fingerprint density at radius 1 is 1.12 bits per heavy atom. The summed E-state index contributed by atoms with van der Waals surface area (Å²) < 4.78 is 26.4. The van der Waals surface area contributed by atoms with Crippen molar-refractivity contribution in [2.45, 2.75) is 18.4 Å². The summed E-state index contributed by atoms with van der Waals surface area (Å²) in [7, 11) is -3.98. The van der Waals surface area contributed by atoms with Crippen LogP contribution in [0.5, 0.6) is 0 Å². The average Bonchev–Trinajstić information content (AvgIpc) is 2.49. The summed E-state index contributed by atoms with van der Waals surface area (Å²) in [6, 6.07) is 10.8. The third-order valence-corrected chi connectivity index (χ3v) is 5.73. The highest BCUT2D eigenvalue weighted by molar-refractivity contribution is 7.89. The van der Waals surface area contributed by atoms with Crippen molar-refractivity contribution in [2.24, 2.45) is 0 Å². The fourth-order valence-electron chi connectivity index (χ4n) is 2.08. The number of sulfonamides is 1. The molecular weight excluding hydrogens is 373 g/mol. The standard InChI is InChI=1S/C16H15Cl2NO4S/c1-11-2-6-14(7-3-11)24(22,23)19(10-16(20)21)9-12-4-5-13(17)8-15(12)18/h2-8H,9-10H2,1H3,(H,20,21). The SMILES string of the molecule is Cc1ccc(S(=O)(=O)N(CC(=O)O)Cc2ccc(Cl)cc2Cl)cc1. The Kier molecular flexibility index (Phi) is 5.87. The average molecular weight is 388 g/mol. The maximum absolute atomic E-state index is 12.8. The molecule has 0 unspecified atom stereocenters. The minimum atomic E-state index is -3.98. The molecule has 0 fully saturated rings. The van der Waals surface area contributed by atoms with Crippen molar-refractivity contribution in [3.05, 3.63) is 63.6 Å². The summed E-state index contributed by atoms with van der Waals surface area (Å²) in [4.78, 5) is 11.1. The van der Waals surface area contributed by atoms with Crippen LogP contribution in [0.3, 0.4) is 0 Å². The van der Waals surface area contributed by atoms with Gasteiger partial charge < -0.3 is 5.11 Å². The predicted octanol–water partition coefficient (Wildman–Crippen LogP) is 3.58. The van der Waals surface area contributed by atoms with Crippen molar-refractivity contribution in [3.63, 3.8) is 0 Å². The lowest BCUT2D eigenvalue weighted by atomic mass is 10.2. The van der Waals surface area contributed by atoms with E-state index in [4.69, 9.17) is 28.3 Å². The molecule has 1 N–H and O–H groups in total. The number of carbonyl (C=O) groups is 1. The summed E-state index contributed by atoms with van der Waals surface area (Å²) in [5.41, 5.74) is 1.37. The van der Waals surface area contributed by atoms with Crippen molar-refractivity contribution in [1.29, 1.82) is 0 Å². The topological polar surface area (TPSA) is 74.7 Å². The number of halogens is 2. The van der Waals surface area contributed by atoms with Crippen LogP contribution in [-0.2, 0) is 21.4 Å². The second kappa shape index (κ2) is 7.53. The van der Waals surface area contributed by atoms with Crippen LogP contribution < -0.4 is 0 Å². The molecule has 0 amide bonds. The van der Waals surface area contributed by atoms with Crippen LogP contribution in [0.1, 0.15) is 11.1 Å². The van der Waals surface area contributed by atoms with Crippen LogP contribution in [-0.4, -0.2) is 30.3 Å². The van der Waals surface area contributed by atoms with E-state index in [2.05, 4.69) is 0 Å². The summed E-state index contributed by atoms with van der Waals surface area (Å²) in [5.74, 6) is -1.25. The summed E-state index contributed by atoms with van der Waals surface area (Å²) in [6.45, 7) is 0.993. The van der Waals surface area contributed by atoms with Gasteiger partial charge in [-0.3, -0.25) is 4.79 Å². The van der Waals surface area contributed by atoms with Crippen molar-refractivity contribution < 1.29 is 18.3 Å². The maximum Gasteiger partial charge on any atom is 0.318 e. The maximum atomic E-state index is 12.8. The minimum absolute atomic E-state index is 0.0273. The first-order chi connectivity index (χ1) is 11.2. The van der Waals surface area contributed by atoms with Gasteiger partial charge in [0.2, 0.25) is 10.0 Å². The molecule has 2 rings (SSSR count). The Morgan fingerprint density at radius 2 is 1.75 bits per heavy atom. The Balaban J connectivity index is 2.40. The molecule has 8 heteroatoms. The van der Waals surface area contributed by atoms with Crippen molar-refractivity contribution >= 4 is 39.2 Å². The molecule has 0 heterocycles. The number of aryl methyl sites for hydroxylation is 1. The van der Waals surface area contributed by atoms with Gasteiger partial charge in [0, 0.05) is 16.6 Å². The highest BCUT2D eigenvalue weighted by atomic mass is 35.5. The Morgan fingerprint density at radius 3 is 2.29 bits per heavy atom. The molecule has 2 aromatic carbocycles. The Hall–Kier alpha value is -1.60. The first-order valence-corrected chi connectivity index (χ1v) is 9.12. The molecule has 0 aliphatic rings. The lowest BCUT2D eigenvalue weighted by molar-refractivity contribution is -0.137. The van der Waals surface area contributed by atoms with Crippen LogP contribution in [0.4, 0.5) is 0 Å². The molecule has 0 saturated carbocycles. The van der Waals surface area contributed by atoms with Crippen molar-refractivity contribution in [1.82, 2.24) is 4.31 Å². The molecule has 0 aliphatic carbocycles. The number of rotatable bonds is 6. The third kappa shape index (κ3) is 4.48. The van der Waals surface area contributed by atoms with Gasteiger partial charge in [0.05, 0.1) is 4.90 Å². The van der Waals surface area contributed by atoms with Crippen LogP contribution in [0.2, 0.25) is 10.0 Å². The van der Waals surface area contributed by atoms with Gasteiger partial charge in [-0.2, -0.15) is 4.31 Å². The fourth-order valence-corrected chi connectivity index (χ4v) is 3.91. The molecule has 0 aliphatic heterocycles. The quantitative estimate of drug-likeness (QED) is 0.821. The number of carboxylic acids is 1. The largest absolute Gasteiger partial charge is 0.480 e. The third-order valence-electron chi connectivity index (χ3n) is 3.33. The van der Waals surface area contributed by atoms with Crippen LogP contribution in [0.15, 0.2) is 47.4 Å². The monoisotopic (exact) mass is 387 g/mol. The molecule has 0 atom stereocenters. The smallest absolute Gasteiger partial charge is 0.318 e. The van der Waals surface area contributed by atoms with Crippen LogP contribution in [0, 0.1) is 6.92 Å². The van der Waals surface area contributed by atoms with E-state index in [9.17, 15) is 13.2 Å². The molecule has 24 heavy (non-hydrogen) atoms. The van der Waals surface area contributed by atoms with Crippen LogP contribution >= 0.6 is 23.2 Å². The number of hydrogen-bond acceptors (Lipinski definition) is 3. The number of benzene rings is 2. The van der Waals surface area contributed by atoms with Gasteiger partial charge >= 0.3 is 5.97 Å². The van der Waals surface area contributed by atoms with E-state index in [0.29, 0.717) is 10.6 Å². The minimum Gasteiger partial charge on any atom is -0.480 e. The van der Waals surface area contributed by atoms with E-state index < -0.39 is 22.5 Å². The second-order valence-electron chi connectivity index (χ2n) is 5.22. The lowest BCUT2D eigenvalue weighted by Gasteiger charge is -2.21. The van der Waals surface area contributed by atoms with Gasteiger partial charge in [-0.25, -0.2) is 8.42 Å². The van der Waals surface area contributed by atoms with E-state index in [0.717, 1.165) is 9.87 Å². The van der Waals surface area contributed by atoms with Crippen molar-refractivity contribution in [2.75, 3.05) is 6.54 Å². The van der Waals surface area contributed by atoms with Gasteiger partial charge in [-0.1, -0.05) is 47.0 Å². The van der Waals surface area contributed by atoms with Gasteiger partial charge in [-0.15, -0.1) is 0 Å². The van der Waals surface area contributed by atoms with E-state index in [1.165, 1.54) is 18.2 Å².